The number of hydrogen-bond donors (Lipinski definition) is 2. The quantitative estimate of drug-likeness (QED) is 0.775. The molecule has 0 heterocycles. The number of benzene rings is 1. The fourth-order valence-electron chi connectivity index (χ4n) is 2.26. The first-order chi connectivity index (χ1) is 9.86. The Balaban J connectivity index is 2.44. The Bertz CT molecular complexity index is 471. The summed E-state index contributed by atoms with van der Waals surface area (Å²) >= 11 is 5.79. The predicted octanol–water partition coefficient (Wildman–Crippen LogP) is 3.14. The molecule has 116 valence electrons. The summed E-state index contributed by atoms with van der Waals surface area (Å²) in [6, 6.07) is 7.11. The molecule has 1 aromatic rings. The van der Waals surface area contributed by atoms with Crippen molar-refractivity contribution in [1.82, 2.24) is 5.32 Å². The Morgan fingerprint density at radius 1 is 1.24 bits per heavy atom. The Labute approximate surface area is 130 Å². The zero-order chi connectivity index (χ0) is 15.8. The molecule has 1 amide bonds. The summed E-state index contributed by atoms with van der Waals surface area (Å²) in [7, 11) is 0. The molecule has 0 radical (unpaired) electrons. The first-order valence-electron chi connectivity index (χ1n) is 7.09. The average Bonchev–Trinajstić information content (AvgIpc) is 2.37. The molecule has 0 spiro atoms. The minimum absolute atomic E-state index is 0.0309. The van der Waals surface area contributed by atoms with Crippen molar-refractivity contribution < 1.29 is 14.7 Å². The lowest BCUT2D eigenvalue weighted by Gasteiger charge is -2.17. The molecule has 4 nitrogen and oxygen atoms in total. The first-order valence-corrected chi connectivity index (χ1v) is 7.47. The van der Waals surface area contributed by atoms with Crippen LogP contribution in [0.2, 0.25) is 5.02 Å². The van der Waals surface area contributed by atoms with Crippen molar-refractivity contribution >= 4 is 23.5 Å². The van der Waals surface area contributed by atoms with Gasteiger partial charge in [0.15, 0.2) is 0 Å². The highest BCUT2D eigenvalue weighted by atomic mass is 35.5. The molecular formula is C16H22ClNO3. The van der Waals surface area contributed by atoms with Crippen molar-refractivity contribution in [3.63, 3.8) is 0 Å². The smallest absolute Gasteiger partial charge is 0.303 e. The highest BCUT2D eigenvalue weighted by Crippen LogP contribution is 2.15. The molecule has 5 heteroatoms. The number of carboxylic acid groups (broad SMARTS) is 1. The average molecular weight is 312 g/mol. The van der Waals surface area contributed by atoms with Gasteiger partial charge in [-0.15, -0.1) is 0 Å². The molecule has 2 N–H and O–H groups in total. The second-order valence-corrected chi connectivity index (χ2v) is 6.14. The van der Waals surface area contributed by atoms with Gasteiger partial charge in [-0.3, -0.25) is 9.59 Å². The van der Waals surface area contributed by atoms with Crippen molar-refractivity contribution in [2.75, 3.05) is 6.54 Å². The Morgan fingerprint density at radius 3 is 2.38 bits per heavy atom. The van der Waals surface area contributed by atoms with Gasteiger partial charge in [-0.05, 0) is 36.0 Å². The third-order valence-corrected chi connectivity index (χ3v) is 3.39. The maximum Gasteiger partial charge on any atom is 0.303 e. The van der Waals surface area contributed by atoms with Gasteiger partial charge in [0.1, 0.15) is 0 Å². The third-order valence-electron chi connectivity index (χ3n) is 3.13. The molecule has 1 atom stereocenters. The predicted molar refractivity (Wildman–Crippen MR) is 83.4 cm³/mol. The maximum absolute atomic E-state index is 11.9. The van der Waals surface area contributed by atoms with Gasteiger partial charge in [-0.2, -0.15) is 0 Å². The number of carbonyl (C=O) groups is 2. The zero-order valence-corrected chi connectivity index (χ0v) is 13.2. The van der Waals surface area contributed by atoms with Gasteiger partial charge in [-0.25, -0.2) is 0 Å². The largest absolute Gasteiger partial charge is 0.481 e. The molecule has 0 unspecified atom stereocenters. The summed E-state index contributed by atoms with van der Waals surface area (Å²) < 4.78 is 0. The molecule has 0 aromatic heterocycles. The van der Waals surface area contributed by atoms with Gasteiger partial charge in [0.25, 0.3) is 0 Å². The number of halogens is 1. The lowest BCUT2D eigenvalue weighted by atomic mass is 9.94. The fourth-order valence-corrected chi connectivity index (χ4v) is 2.39. The minimum Gasteiger partial charge on any atom is -0.481 e. The number of carboxylic acids is 1. The van der Waals surface area contributed by atoms with E-state index in [0.717, 1.165) is 12.0 Å². The summed E-state index contributed by atoms with van der Waals surface area (Å²) in [5.41, 5.74) is 0.885. The zero-order valence-electron chi connectivity index (χ0n) is 12.4. The SMILES string of the molecule is CC(C)C[C@H](CNC(=O)Cc1ccc(Cl)cc1)CC(=O)O. The van der Waals surface area contributed by atoms with Gasteiger partial charge in [0.05, 0.1) is 6.42 Å². The first kappa shape index (κ1) is 17.5. The normalized spacial score (nSPS) is 12.2. The van der Waals surface area contributed by atoms with E-state index >= 15 is 0 Å². The number of amides is 1. The topological polar surface area (TPSA) is 66.4 Å². The second-order valence-electron chi connectivity index (χ2n) is 5.70. The van der Waals surface area contributed by atoms with Gasteiger partial charge in [-0.1, -0.05) is 37.6 Å². The third kappa shape index (κ3) is 7.71. The van der Waals surface area contributed by atoms with Crippen LogP contribution in [0, 0.1) is 11.8 Å². The molecule has 21 heavy (non-hydrogen) atoms. The van der Waals surface area contributed by atoms with E-state index in [0.29, 0.717) is 17.5 Å². The van der Waals surface area contributed by atoms with Crippen LogP contribution >= 0.6 is 11.6 Å². The van der Waals surface area contributed by atoms with E-state index in [1.807, 2.05) is 26.0 Å². The fraction of sp³-hybridized carbons (Fsp3) is 0.500. The van der Waals surface area contributed by atoms with Crippen molar-refractivity contribution in [1.29, 1.82) is 0 Å². The van der Waals surface area contributed by atoms with Crippen molar-refractivity contribution in [2.24, 2.45) is 11.8 Å². The summed E-state index contributed by atoms with van der Waals surface area (Å²) in [5, 5.41) is 12.4. The van der Waals surface area contributed by atoms with Crippen LogP contribution in [0.1, 0.15) is 32.3 Å². The number of hydrogen-bond acceptors (Lipinski definition) is 2. The monoisotopic (exact) mass is 311 g/mol. The number of nitrogens with one attached hydrogen (secondary N) is 1. The van der Waals surface area contributed by atoms with Crippen molar-refractivity contribution in [2.45, 2.75) is 33.1 Å². The van der Waals surface area contributed by atoms with Crippen LogP contribution in [0.4, 0.5) is 0 Å². The Morgan fingerprint density at radius 2 is 1.86 bits per heavy atom. The molecule has 0 bridgehead atoms. The summed E-state index contributed by atoms with van der Waals surface area (Å²) in [5.74, 6) is -0.553. The van der Waals surface area contributed by atoms with Gasteiger partial charge < -0.3 is 10.4 Å². The molecule has 0 aliphatic heterocycles. The van der Waals surface area contributed by atoms with E-state index < -0.39 is 5.97 Å². The van der Waals surface area contributed by atoms with Crippen molar-refractivity contribution in [3.8, 4) is 0 Å². The molecule has 0 fully saturated rings. The lowest BCUT2D eigenvalue weighted by molar-refractivity contribution is -0.138. The molecule has 0 saturated heterocycles. The minimum atomic E-state index is -0.826. The molecule has 0 aliphatic carbocycles. The molecule has 1 rings (SSSR count). The van der Waals surface area contributed by atoms with Crippen LogP contribution < -0.4 is 5.32 Å². The number of carbonyl (C=O) groups excluding carboxylic acids is 1. The molecule has 1 aromatic carbocycles. The van der Waals surface area contributed by atoms with E-state index in [-0.39, 0.29) is 24.7 Å². The highest BCUT2D eigenvalue weighted by molar-refractivity contribution is 6.30. The number of rotatable bonds is 8. The van der Waals surface area contributed by atoms with E-state index in [2.05, 4.69) is 5.32 Å². The van der Waals surface area contributed by atoms with Crippen molar-refractivity contribution in [3.05, 3.63) is 34.9 Å². The number of aliphatic carboxylic acids is 1. The summed E-state index contributed by atoms with van der Waals surface area (Å²) in [6.07, 6.45) is 1.14. The van der Waals surface area contributed by atoms with Gasteiger partial charge in [0.2, 0.25) is 5.91 Å². The van der Waals surface area contributed by atoms with Gasteiger partial charge >= 0.3 is 5.97 Å². The Kier molecular flexibility index (Phi) is 7.23. The summed E-state index contributed by atoms with van der Waals surface area (Å²) in [6.45, 7) is 4.49. The second kappa shape index (κ2) is 8.67. The van der Waals surface area contributed by atoms with Crippen LogP contribution in [-0.4, -0.2) is 23.5 Å². The molecular weight excluding hydrogens is 290 g/mol. The van der Waals surface area contributed by atoms with Crippen LogP contribution in [0.15, 0.2) is 24.3 Å². The van der Waals surface area contributed by atoms with E-state index in [1.165, 1.54) is 0 Å². The summed E-state index contributed by atoms with van der Waals surface area (Å²) in [4.78, 5) is 22.7. The van der Waals surface area contributed by atoms with Crippen LogP contribution in [0.25, 0.3) is 0 Å². The van der Waals surface area contributed by atoms with Gasteiger partial charge in [0, 0.05) is 18.0 Å². The Hall–Kier alpha value is -1.55. The van der Waals surface area contributed by atoms with Crippen LogP contribution in [0.5, 0.6) is 0 Å². The van der Waals surface area contributed by atoms with Crippen LogP contribution in [0.3, 0.4) is 0 Å². The molecule has 0 saturated carbocycles. The molecule has 0 aliphatic rings. The van der Waals surface area contributed by atoms with E-state index in [9.17, 15) is 9.59 Å². The van der Waals surface area contributed by atoms with E-state index in [4.69, 9.17) is 16.7 Å². The highest BCUT2D eigenvalue weighted by Gasteiger charge is 2.16. The van der Waals surface area contributed by atoms with E-state index in [1.54, 1.807) is 12.1 Å². The van der Waals surface area contributed by atoms with Crippen LogP contribution in [-0.2, 0) is 16.0 Å². The lowest BCUT2D eigenvalue weighted by Crippen LogP contribution is -2.32. The maximum atomic E-state index is 11.9. The standard InChI is InChI=1S/C16H22ClNO3/c1-11(2)7-13(9-16(20)21)10-18-15(19)8-12-3-5-14(17)6-4-12/h3-6,11,13H,7-10H2,1-2H3,(H,18,19)(H,20,21)/t13-/m0/s1.